The number of nitrogens with zero attached hydrogens (tertiary/aromatic N) is 2. The number of anilines is 1. The normalized spacial score (nSPS) is 18.5. The van der Waals surface area contributed by atoms with E-state index in [1.54, 1.807) is 0 Å². The van der Waals surface area contributed by atoms with Crippen molar-refractivity contribution in [1.82, 2.24) is 15.1 Å². The van der Waals surface area contributed by atoms with Crippen LogP contribution in [0.3, 0.4) is 0 Å². The van der Waals surface area contributed by atoms with Crippen LogP contribution in [0.25, 0.3) is 0 Å². The van der Waals surface area contributed by atoms with Crippen LogP contribution in [-0.4, -0.2) is 22.9 Å². The summed E-state index contributed by atoms with van der Waals surface area (Å²) in [5.41, 5.74) is 4.04. The van der Waals surface area contributed by atoms with E-state index in [9.17, 15) is 13.2 Å². The van der Waals surface area contributed by atoms with Crippen LogP contribution in [0.4, 0.5) is 18.9 Å². The SMILES string of the molecule is Nc1cn(CC2CCNCC2)nc1C(F)(F)F. The van der Waals surface area contributed by atoms with E-state index in [1.165, 1.54) is 10.9 Å². The first-order chi connectivity index (χ1) is 7.97. The number of rotatable bonds is 2. The Kier molecular flexibility index (Phi) is 3.28. The van der Waals surface area contributed by atoms with E-state index in [1.807, 2.05) is 0 Å². The molecule has 0 aromatic carbocycles. The molecule has 1 fully saturated rings. The van der Waals surface area contributed by atoms with Crippen LogP contribution in [0.5, 0.6) is 0 Å². The summed E-state index contributed by atoms with van der Waals surface area (Å²) in [4.78, 5) is 0. The average Bonchev–Trinajstić information content (AvgIpc) is 2.60. The monoisotopic (exact) mass is 248 g/mol. The topological polar surface area (TPSA) is 55.9 Å². The molecule has 7 heteroatoms. The molecule has 96 valence electrons. The third-order valence-corrected chi connectivity index (χ3v) is 2.96. The van der Waals surface area contributed by atoms with Crippen molar-refractivity contribution in [3.63, 3.8) is 0 Å². The van der Waals surface area contributed by atoms with Crippen molar-refractivity contribution in [2.45, 2.75) is 25.6 Å². The molecule has 0 bridgehead atoms. The summed E-state index contributed by atoms with van der Waals surface area (Å²) in [6.45, 7) is 2.32. The molecule has 17 heavy (non-hydrogen) atoms. The van der Waals surface area contributed by atoms with E-state index in [2.05, 4.69) is 10.4 Å². The molecule has 0 radical (unpaired) electrons. The number of alkyl halides is 3. The van der Waals surface area contributed by atoms with Crippen LogP contribution in [0.1, 0.15) is 18.5 Å². The average molecular weight is 248 g/mol. The second-order valence-corrected chi connectivity index (χ2v) is 4.35. The Morgan fingerprint density at radius 3 is 2.59 bits per heavy atom. The molecule has 0 aliphatic carbocycles. The zero-order valence-corrected chi connectivity index (χ0v) is 9.30. The summed E-state index contributed by atoms with van der Waals surface area (Å²) >= 11 is 0. The van der Waals surface area contributed by atoms with Gasteiger partial charge in [0.15, 0.2) is 5.69 Å². The van der Waals surface area contributed by atoms with E-state index in [-0.39, 0.29) is 5.69 Å². The van der Waals surface area contributed by atoms with Crippen molar-refractivity contribution in [2.75, 3.05) is 18.8 Å². The number of aromatic nitrogens is 2. The number of hydrogen-bond acceptors (Lipinski definition) is 3. The lowest BCUT2D eigenvalue weighted by molar-refractivity contribution is -0.140. The zero-order valence-electron chi connectivity index (χ0n) is 9.30. The van der Waals surface area contributed by atoms with Crippen molar-refractivity contribution >= 4 is 5.69 Å². The van der Waals surface area contributed by atoms with Gasteiger partial charge in [0.2, 0.25) is 0 Å². The molecule has 1 aliphatic rings. The molecule has 2 rings (SSSR count). The fourth-order valence-corrected chi connectivity index (χ4v) is 2.08. The van der Waals surface area contributed by atoms with Crippen molar-refractivity contribution in [2.24, 2.45) is 5.92 Å². The maximum Gasteiger partial charge on any atom is 0.437 e. The largest absolute Gasteiger partial charge is 0.437 e. The van der Waals surface area contributed by atoms with E-state index in [4.69, 9.17) is 5.73 Å². The first kappa shape index (κ1) is 12.2. The van der Waals surface area contributed by atoms with Gasteiger partial charge in [-0.15, -0.1) is 0 Å². The summed E-state index contributed by atoms with van der Waals surface area (Å²) in [6, 6.07) is 0. The van der Waals surface area contributed by atoms with E-state index >= 15 is 0 Å². The van der Waals surface area contributed by atoms with Crippen LogP contribution < -0.4 is 11.1 Å². The Hall–Kier alpha value is -1.24. The van der Waals surface area contributed by atoms with Crippen LogP contribution in [0, 0.1) is 5.92 Å². The highest BCUT2D eigenvalue weighted by molar-refractivity contribution is 5.42. The molecule has 3 N–H and O–H groups in total. The zero-order chi connectivity index (χ0) is 12.5. The standard InChI is InChI=1S/C10H15F3N4/c11-10(12,13)9-8(14)6-17(16-9)5-7-1-3-15-4-2-7/h6-7,15H,1-5,14H2. The van der Waals surface area contributed by atoms with Crippen LogP contribution in [0.2, 0.25) is 0 Å². The third-order valence-electron chi connectivity index (χ3n) is 2.96. The van der Waals surface area contributed by atoms with Crippen molar-refractivity contribution in [1.29, 1.82) is 0 Å². The van der Waals surface area contributed by atoms with Gasteiger partial charge in [0.1, 0.15) is 0 Å². The number of halogens is 3. The Morgan fingerprint density at radius 1 is 1.41 bits per heavy atom. The smallest absolute Gasteiger partial charge is 0.396 e. The summed E-state index contributed by atoms with van der Waals surface area (Å²) in [5, 5.41) is 6.73. The van der Waals surface area contributed by atoms with Crippen LogP contribution in [0.15, 0.2) is 6.20 Å². The molecule has 1 aliphatic heterocycles. The maximum absolute atomic E-state index is 12.5. The van der Waals surface area contributed by atoms with Gasteiger partial charge < -0.3 is 11.1 Å². The Bertz CT molecular complexity index is 379. The van der Waals surface area contributed by atoms with Gasteiger partial charge in [-0.2, -0.15) is 18.3 Å². The van der Waals surface area contributed by atoms with Gasteiger partial charge in [0.05, 0.1) is 5.69 Å². The first-order valence-corrected chi connectivity index (χ1v) is 5.57. The highest BCUT2D eigenvalue weighted by Gasteiger charge is 2.36. The molecule has 1 aromatic heterocycles. The number of nitrogens with two attached hydrogens (primary N) is 1. The molecule has 0 spiro atoms. The third kappa shape index (κ3) is 2.91. The van der Waals surface area contributed by atoms with Crippen LogP contribution in [-0.2, 0) is 12.7 Å². The molecule has 1 saturated heterocycles. The number of hydrogen-bond donors (Lipinski definition) is 2. The molecule has 0 atom stereocenters. The second kappa shape index (κ2) is 4.56. The minimum Gasteiger partial charge on any atom is -0.396 e. The number of nitrogens with one attached hydrogen (secondary N) is 1. The summed E-state index contributed by atoms with van der Waals surface area (Å²) in [7, 11) is 0. The van der Waals surface area contributed by atoms with Crippen molar-refractivity contribution in [3.05, 3.63) is 11.9 Å². The molecule has 0 unspecified atom stereocenters. The van der Waals surface area contributed by atoms with E-state index in [0.717, 1.165) is 25.9 Å². The van der Waals surface area contributed by atoms with Crippen molar-refractivity contribution < 1.29 is 13.2 Å². The molecule has 2 heterocycles. The summed E-state index contributed by atoms with van der Waals surface area (Å²) < 4.78 is 38.7. The Morgan fingerprint density at radius 2 is 2.06 bits per heavy atom. The van der Waals surface area contributed by atoms with Gasteiger partial charge >= 0.3 is 6.18 Å². The lowest BCUT2D eigenvalue weighted by Gasteiger charge is -2.22. The molecular weight excluding hydrogens is 233 g/mol. The van der Waals surface area contributed by atoms with Gasteiger partial charge in [-0.1, -0.05) is 0 Å². The first-order valence-electron chi connectivity index (χ1n) is 5.57. The van der Waals surface area contributed by atoms with Crippen LogP contribution >= 0.6 is 0 Å². The van der Waals surface area contributed by atoms with Gasteiger partial charge in [-0.05, 0) is 31.8 Å². The quantitative estimate of drug-likeness (QED) is 0.833. The molecule has 0 amide bonds. The van der Waals surface area contributed by atoms with Crippen molar-refractivity contribution in [3.8, 4) is 0 Å². The minimum absolute atomic E-state index is 0.300. The Balaban J connectivity index is 2.06. The minimum atomic E-state index is -4.47. The molecule has 4 nitrogen and oxygen atoms in total. The lowest BCUT2D eigenvalue weighted by Crippen LogP contribution is -2.30. The summed E-state index contributed by atoms with van der Waals surface area (Å²) in [6.07, 6.45) is -1.28. The highest BCUT2D eigenvalue weighted by atomic mass is 19.4. The predicted octanol–water partition coefficient (Wildman–Crippen LogP) is 1.48. The second-order valence-electron chi connectivity index (χ2n) is 4.35. The molecular formula is C10H15F3N4. The fraction of sp³-hybridized carbons (Fsp3) is 0.700. The predicted molar refractivity (Wildman–Crippen MR) is 57.2 cm³/mol. The number of nitrogen functional groups attached to an aromatic ring is 1. The molecule has 0 saturated carbocycles. The van der Waals surface area contributed by atoms with E-state index in [0.29, 0.717) is 12.5 Å². The lowest BCUT2D eigenvalue weighted by atomic mass is 9.98. The molecule has 1 aromatic rings. The van der Waals surface area contributed by atoms with E-state index < -0.39 is 11.9 Å². The number of piperidine rings is 1. The van der Waals surface area contributed by atoms with Gasteiger partial charge in [-0.3, -0.25) is 4.68 Å². The maximum atomic E-state index is 12.5. The van der Waals surface area contributed by atoms with Gasteiger partial charge in [-0.25, -0.2) is 0 Å². The fourth-order valence-electron chi connectivity index (χ4n) is 2.08. The van der Waals surface area contributed by atoms with Gasteiger partial charge in [0.25, 0.3) is 0 Å². The van der Waals surface area contributed by atoms with Gasteiger partial charge in [0, 0.05) is 12.7 Å². The Labute approximate surface area is 97.0 Å². The summed E-state index contributed by atoms with van der Waals surface area (Å²) in [5.74, 6) is 0.372. The highest BCUT2D eigenvalue weighted by Crippen LogP contribution is 2.32.